The molecule has 0 saturated carbocycles. The Hall–Kier alpha value is 2.06. The van der Waals surface area contributed by atoms with E-state index < -0.39 is 16.6 Å². The van der Waals surface area contributed by atoms with Gasteiger partial charge in [-0.3, -0.25) is 4.55 Å². The van der Waals surface area contributed by atoms with Crippen LogP contribution >= 0.6 is 0 Å². The largest absolute Gasteiger partial charge is 1.00 e. The first-order valence-corrected chi connectivity index (χ1v) is 3.70. The molecular formula is C3H9Na3O9S. The minimum atomic E-state index is -4.92. The van der Waals surface area contributed by atoms with Crippen LogP contribution in [-0.4, -0.2) is 46.0 Å². The summed E-state index contributed by atoms with van der Waals surface area (Å²) in [6, 6.07) is 0. The van der Waals surface area contributed by atoms with E-state index in [4.69, 9.17) is 37.6 Å². The molecule has 0 unspecified atom stereocenters. The Morgan fingerprint density at radius 2 is 1.25 bits per heavy atom. The van der Waals surface area contributed by atoms with Crippen molar-refractivity contribution in [1.29, 1.82) is 0 Å². The molecule has 0 aromatic rings. The van der Waals surface area contributed by atoms with E-state index in [1.54, 1.807) is 6.92 Å². The number of aliphatic hydroxyl groups is 1. The standard InChI is InChI=1S/C2H6O.CH2O3.3Na.H2O4S.H2O/c1-2-3;2-1(3)4;;;;1-5(2,3)4;/h3H,2H2,1H3;(H2,2,3,4);;;;(H2,1,2,3,4);1H2/q;;3*+1;;/p-3. The normalized spacial score (nSPS) is 6.25. The molecule has 0 atom stereocenters. The first kappa shape index (κ1) is 43.0. The third-order valence-electron chi connectivity index (χ3n) is 0. The number of rotatable bonds is 0. The van der Waals surface area contributed by atoms with Gasteiger partial charge >= 0.3 is 88.7 Å². The summed E-state index contributed by atoms with van der Waals surface area (Å²) in [5, 5.41) is 22.9. The van der Waals surface area contributed by atoms with Crippen LogP contribution in [-0.2, 0) is 10.4 Å². The fourth-order valence-corrected chi connectivity index (χ4v) is 0. The van der Waals surface area contributed by atoms with Crippen LogP contribution in [0.3, 0.4) is 0 Å². The predicted octanol–water partition coefficient (Wildman–Crippen LogP) is -11.3. The topological polar surface area (TPSA) is 188 Å². The van der Waals surface area contributed by atoms with Crippen LogP contribution in [0.2, 0.25) is 0 Å². The molecule has 0 aliphatic rings. The second kappa shape index (κ2) is 30.3. The molecule has 0 heterocycles. The fraction of sp³-hybridized carbons (Fsp3) is 0.667. The zero-order chi connectivity index (χ0) is 10.8. The van der Waals surface area contributed by atoms with Gasteiger partial charge in [-0.05, 0) is 6.92 Å². The van der Waals surface area contributed by atoms with Gasteiger partial charge in [0.15, 0.2) is 0 Å². The SMILES string of the molecule is CCO.O=C([O-])O.O=S(=O)([O-])O.[Na+].[Na+].[Na+].[OH-]. The van der Waals surface area contributed by atoms with Crippen LogP contribution < -0.4 is 93.8 Å². The van der Waals surface area contributed by atoms with E-state index in [9.17, 15) is 0 Å². The zero-order valence-corrected chi connectivity index (χ0v) is 16.3. The third kappa shape index (κ3) is 858. The maximum atomic E-state index is 8.63. The molecule has 13 heteroatoms. The van der Waals surface area contributed by atoms with Crippen molar-refractivity contribution in [2.75, 3.05) is 6.61 Å². The van der Waals surface area contributed by atoms with Crippen molar-refractivity contribution in [3.63, 3.8) is 0 Å². The molecule has 0 amide bonds. The number of hydrogen-bond acceptors (Lipinski definition) is 7. The summed E-state index contributed by atoms with van der Waals surface area (Å²) in [6.45, 7) is 1.93. The van der Waals surface area contributed by atoms with Crippen molar-refractivity contribution >= 4 is 16.6 Å². The quantitative estimate of drug-likeness (QED) is 0.221. The van der Waals surface area contributed by atoms with E-state index in [0.29, 0.717) is 0 Å². The molecule has 9 nitrogen and oxygen atoms in total. The molecule has 0 fully saturated rings. The summed E-state index contributed by atoms with van der Waals surface area (Å²) >= 11 is 0. The number of aliphatic hydroxyl groups excluding tert-OH is 1. The van der Waals surface area contributed by atoms with E-state index in [2.05, 4.69) is 0 Å². The molecule has 0 aliphatic carbocycles. The van der Waals surface area contributed by atoms with Gasteiger partial charge in [-0.1, -0.05) is 0 Å². The average molecular weight is 290 g/mol. The van der Waals surface area contributed by atoms with Crippen molar-refractivity contribution < 1.29 is 132 Å². The molecular weight excluding hydrogens is 281 g/mol. The van der Waals surface area contributed by atoms with Gasteiger partial charge in [0.1, 0.15) is 0 Å². The molecule has 0 aliphatic heterocycles. The van der Waals surface area contributed by atoms with E-state index in [0.717, 1.165) is 0 Å². The molecule has 4 N–H and O–H groups in total. The number of carboxylic acid groups (broad SMARTS) is 2. The smallest absolute Gasteiger partial charge is 0.870 e. The first-order chi connectivity index (χ1) is 5.15. The van der Waals surface area contributed by atoms with Gasteiger partial charge < -0.3 is 30.1 Å². The van der Waals surface area contributed by atoms with Crippen LogP contribution in [0.25, 0.3) is 0 Å². The molecule has 0 radical (unpaired) electrons. The second-order valence-electron chi connectivity index (χ2n) is 1.01. The Labute approximate surface area is 159 Å². The van der Waals surface area contributed by atoms with Crippen LogP contribution in [0, 0.1) is 0 Å². The summed E-state index contributed by atoms with van der Waals surface area (Å²) in [7, 11) is -4.92. The third-order valence-corrected chi connectivity index (χ3v) is 0. The van der Waals surface area contributed by atoms with Gasteiger partial charge in [0.2, 0.25) is 16.6 Å². The van der Waals surface area contributed by atoms with Gasteiger partial charge in [-0.15, -0.1) is 0 Å². The van der Waals surface area contributed by atoms with Crippen LogP contribution in [0.4, 0.5) is 4.79 Å². The van der Waals surface area contributed by atoms with Crippen LogP contribution in [0.15, 0.2) is 0 Å². The van der Waals surface area contributed by atoms with Crippen LogP contribution in [0.5, 0.6) is 0 Å². The molecule has 0 bridgehead atoms. The van der Waals surface area contributed by atoms with Crippen molar-refractivity contribution in [2.24, 2.45) is 0 Å². The summed E-state index contributed by atoms with van der Waals surface area (Å²) in [4.78, 5) is 8.44. The number of carbonyl (C=O) groups is 1. The van der Waals surface area contributed by atoms with Crippen molar-refractivity contribution in [3.05, 3.63) is 0 Å². The van der Waals surface area contributed by atoms with Gasteiger partial charge in [-0.2, -0.15) is 0 Å². The molecule has 0 aromatic carbocycles. The Balaban J connectivity index is -0.0000000138. The van der Waals surface area contributed by atoms with Gasteiger partial charge in [0.05, 0.1) is 0 Å². The number of hydrogen-bond donors (Lipinski definition) is 3. The Morgan fingerprint density at radius 3 is 1.25 bits per heavy atom. The molecule has 0 aromatic heterocycles. The summed E-state index contributed by atoms with van der Waals surface area (Å²) < 4.78 is 32.8. The fourth-order valence-electron chi connectivity index (χ4n) is 0. The van der Waals surface area contributed by atoms with E-state index >= 15 is 0 Å². The Bertz CT molecular complexity index is 180. The van der Waals surface area contributed by atoms with Gasteiger partial charge in [0, 0.05) is 6.61 Å². The van der Waals surface area contributed by atoms with E-state index in [1.807, 2.05) is 0 Å². The Morgan fingerprint density at radius 1 is 1.25 bits per heavy atom. The second-order valence-corrected chi connectivity index (χ2v) is 1.87. The maximum Gasteiger partial charge on any atom is 1.00 e. The van der Waals surface area contributed by atoms with Gasteiger partial charge in [-0.25, -0.2) is 8.42 Å². The summed E-state index contributed by atoms with van der Waals surface area (Å²) in [5.74, 6) is 0. The van der Waals surface area contributed by atoms with Crippen molar-refractivity contribution in [3.8, 4) is 0 Å². The molecule has 0 spiro atoms. The van der Waals surface area contributed by atoms with E-state index in [-0.39, 0.29) is 101 Å². The Kier molecular flexibility index (Phi) is 81.2. The molecule has 84 valence electrons. The van der Waals surface area contributed by atoms with Gasteiger partial charge in [0.25, 0.3) is 0 Å². The van der Waals surface area contributed by atoms with E-state index in [1.165, 1.54) is 0 Å². The van der Waals surface area contributed by atoms with Crippen molar-refractivity contribution in [1.82, 2.24) is 0 Å². The minimum absolute atomic E-state index is 0. The molecule has 0 saturated heterocycles. The summed E-state index contributed by atoms with van der Waals surface area (Å²) in [5.41, 5.74) is 0. The molecule has 0 rings (SSSR count). The van der Waals surface area contributed by atoms with Crippen molar-refractivity contribution in [2.45, 2.75) is 6.92 Å². The average Bonchev–Trinajstić information content (AvgIpc) is 1.56. The summed E-state index contributed by atoms with van der Waals surface area (Å²) in [6.07, 6.45) is -2.08. The zero-order valence-electron chi connectivity index (χ0n) is 9.45. The monoisotopic (exact) mass is 290 g/mol. The van der Waals surface area contributed by atoms with Crippen LogP contribution in [0.1, 0.15) is 6.92 Å². The first-order valence-electron chi connectivity index (χ1n) is 2.34. The molecule has 16 heavy (non-hydrogen) atoms. The predicted molar refractivity (Wildman–Crippen MR) is 35.0 cm³/mol. The minimum Gasteiger partial charge on any atom is -0.870 e. The maximum absolute atomic E-state index is 8.63.